The topological polar surface area (TPSA) is 73.6 Å². The van der Waals surface area contributed by atoms with Crippen LogP contribution >= 0.6 is 0 Å². The Morgan fingerprint density at radius 1 is 1.43 bits per heavy atom. The lowest BCUT2D eigenvalue weighted by molar-refractivity contribution is -0.133. The van der Waals surface area contributed by atoms with Gasteiger partial charge in [0, 0.05) is 25.8 Å². The van der Waals surface area contributed by atoms with Crippen LogP contribution < -0.4 is 15.8 Å². The molecule has 7 heteroatoms. The third-order valence-electron chi connectivity index (χ3n) is 4.30. The zero-order valence-corrected chi connectivity index (χ0v) is 13.1. The molecule has 1 heterocycles. The normalized spacial score (nSPS) is 18.6. The number of carbonyl (C=O) groups excluding carboxylic acids is 1. The highest BCUT2D eigenvalue weighted by Gasteiger charge is 2.38. The van der Waals surface area contributed by atoms with Crippen molar-refractivity contribution >= 4 is 5.91 Å². The van der Waals surface area contributed by atoms with Crippen molar-refractivity contribution in [3.8, 4) is 5.75 Å². The molecule has 1 saturated heterocycles. The lowest BCUT2D eigenvalue weighted by Gasteiger charge is -2.35. The molecule has 0 saturated carbocycles. The van der Waals surface area contributed by atoms with E-state index in [-0.39, 0.29) is 17.7 Å². The summed E-state index contributed by atoms with van der Waals surface area (Å²) in [6, 6.07) is 6.38. The van der Waals surface area contributed by atoms with Gasteiger partial charge in [-0.2, -0.15) is 8.78 Å². The molecule has 0 aliphatic carbocycles. The quantitative estimate of drug-likeness (QED) is 0.805. The summed E-state index contributed by atoms with van der Waals surface area (Å²) in [4.78, 5) is 11.8. The predicted molar refractivity (Wildman–Crippen MR) is 81.2 cm³/mol. The Bertz CT molecular complexity index is 534. The van der Waals surface area contributed by atoms with Crippen molar-refractivity contribution in [3.63, 3.8) is 0 Å². The number of benzene rings is 1. The van der Waals surface area contributed by atoms with Crippen molar-refractivity contribution < 1.29 is 23.0 Å². The minimum absolute atomic E-state index is 0.113. The molecule has 0 bridgehead atoms. The second kappa shape index (κ2) is 7.70. The van der Waals surface area contributed by atoms with E-state index >= 15 is 0 Å². The van der Waals surface area contributed by atoms with E-state index in [4.69, 9.17) is 10.5 Å². The van der Waals surface area contributed by atoms with Gasteiger partial charge in [0.05, 0.1) is 5.41 Å². The molecule has 1 aromatic rings. The lowest BCUT2D eigenvalue weighted by Crippen LogP contribution is -2.48. The largest absolute Gasteiger partial charge is 0.435 e. The maximum atomic E-state index is 12.3. The van der Waals surface area contributed by atoms with Gasteiger partial charge >= 0.3 is 6.61 Å². The molecule has 2 rings (SSSR count). The Labute approximate surface area is 134 Å². The van der Waals surface area contributed by atoms with Gasteiger partial charge in [-0.15, -0.1) is 0 Å². The predicted octanol–water partition coefficient (Wildman–Crippen LogP) is 2.22. The Balaban J connectivity index is 2.00. The number of halogens is 2. The molecule has 0 aromatic heterocycles. The summed E-state index contributed by atoms with van der Waals surface area (Å²) in [6.45, 7) is 0.490. The molecule has 23 heavy (non-hydrogen) atoms. The molecule has 1 fully saturated rings. The standard InChI is InChI=1S/C16H22F2N2O3/c1-11(12-3-2-4-13(9-12)23-15(17)18)20-10-16(14(19)21)5-7-22-8-6-16/h2-4,9,11,15,20H,5-8,10H2,1H3,(H2,19,21)/t11-/m0/s1. The maximum absolute atomic E-state index is 12.3. The fraction of sp³-hybridized carbons (Fsp3) is 0.562. The Morgan fingerprint density at radius 3 is 2.74 bits per heavy atom. The monoisotopic (exact) mass is 328 g/mol. The Kier molecular flexibility index (Phi) is 5.90. The summed E-state index contributed by atoms with van der Waals surface area (Å²) < 4.78 is 34.3. The first-order chi connectivity index (χ1) is 10.9. The van der Waals surface area contributed by atoms with E-state index in [2.05, 4.69) is 10.1 Å². The molecular formula is C16H22F2N2O3. The molecule has 1 aliphatic heterocycles. The highest BCUT2D eigenvalue weighted by atomic mass is 19.3. The van der Waals surface area contributed by atoms with Gasteiger partial charge in [-0.05, 0) is 37.5 Å². The first kappa shape index (κ1) is 17.6. The zero-order valence-electron chi connectivity index (χ0n) is 13.1. The zero-order chi connectivity index (χ0) is 16.9. The van der Waals surface area contributed by atoms with Crippen molar-refractivity contribution in [3.05, 3.63) is 29.8 Å². The van der Waals surface area contributed by atoms with Gasteiger partial charge in [-0.3, -0.25) is 4.79 Å². The molecule has 1 aliphatic rings. The van der Waals surface area contributed by atoms with Gasteiger partial charge in [0.2, 0.25) is 5.91 Å². The molecule has 0 unspecified atom stereocenters. The number of ether oxygens (including phenoxy) is 2. The number of alkyl halides is 2. The van der Waals surface area contributed by atoms with E-state index in [9.17, 15) is 13.6 Å². The maximum Gasteiger partial charge on any atom is 0.387 e. The third kappa shape index (κ3) is 4.62. The number of rotatable bonds is 7. The summed E-state index contributed by atoms with van der Waals surface area (Å²) in [5.41, 5.74) is 5.75. The Morgan fingerprint density at radius 2 is 2.13 bits per heavy atom. The van der Waals surface area contributed by atoms with E-state index in [1.807, 2.05) is 13.0 Å². The first-order valence-corrected chi connectivity index (χ1v) is 7.59. The fourth-order valence-electron chi connectivity index (χ4n) is 2.70. The summed E-state index contributed by atoms with van der Waals surface area (Å²) in [5.74, 6) is -0.225. The van der Waals surface area contributed by atoms with E-state index < -0.39 is 12.0 Å². The van der Waals surface area contributed by atoms with Crippen LogP contribution in [0.5, 0.6) is 5.75 Å². The number of hydrogen-bond acceptors (Lipinski definition) is 4. The van der Waals surface area contributed by atoms with Gasteiger partial charge in [0.15, 0.2) is 0 Å². The number of nitrogens with two attached hydrogens (primary N) is 1. The van der Waals surface area contributed by atoms with Gasteiger partial charge in [-0.25, -0.2) is 0 Å². The van der Waals surface area contributed by atoms with Crippen molar-refractivity contribution in [1.82, 2.24) is 5.32 Å². The highest BCUT2D eigenvalue weighted by Crippen LogP contribution is 2.30. The summed E-state index contributed by atoms with van der Waals surface area (Å²) >= 11 is 0. The summed E-state index contributed by atoms with van der Waals surface area (Å²) in [5, 5.41) is 3.27. The average Bonchev–Trinajstić information content (AvgIpc) is 2.53. The van der Waals surface area contributed by atoms with Crippen LogP contribution in [0.3, 0.4) is 0 Å². The number of amides is 1. The van der Waals surface area contributed by atoms with Gasteiger partial charge < -0.3 is 20.5 Å². The van der Waals surface area contributed by atoms with Crippen molar-refractivity contribution in [2.75, 3.05) is 19.8 Å². The van der Waals surface area contributed by atoms with Crippen LogP contribution in [0.1, 0.15) is 31.4 Å². The van der Waals surface area contributed by atoms with Crippen LogP contribution in [0, 0.1) is 5.41 Å². The van der Waals surface area contributed by atoms with Crippen LogP contribution in [0.4, 0.5) is 8.78 Å². The SMILES string of the molecule is C[C@H](NCC1(C(N)=O)CCOCC1)c1cccc(OC(F)F)c1. The molecule has 1 atom stereocenters. The molecule has 3 N–H and O–H groups in total. The van der Waals surface area contributed by atoms with Crippen LogP contribution in [0.25, 0.3) is 0 Å². The first-order valence-electron chi connectivity index (χ1n) is 7.59. The highest BCUT2D eigenvalue weighted by molar-refractivity contribution is 5.81. The van der Waals surface area contributed by atoms with Crippen molar-refractivity contribution in [2.45, 2.75) is 32.4 Å². The Hall–Kier alpha value is -1.73. The summed E-state index contributed by atoms with van der Waals surface area (Å²) in [6.07, 6.45) is 1.16. The number of carbonyl (C=O) groups is 1. The van der Waals surface area contributed by atoms with E-state index in [1.165, 1.54) is 6.07 Å². The number of hydrogen-bond donors (Lipinski definition) is 2. The van der Waals surface area contributed by atoms with E-state index in [0.717, 1.165) is 5.56 Å². The molecule has 0 radical (unpaired) electrons. The lowest BCUT2D eigenvalue weighted by atomic mass is 9.79. The minimum atomic E-state index is -2.85. The van der Waals surface area contributed by atoms with Gasteiger partial charge in [0.1, 0.15) is 5.75 Å². The smallest absolute Gasteiger partial charge is 0.387 e. The van der Waals surface area contributed by atoms with Crippen LogP contribution in [0.15, 0.2) is 24.3 Å². The molecule has 1 aromatic carbocycles. The van der Waals surface area contributed by atoms with E-state index in [0.29, 0.717) is 32.6 Å². The van der Waals surface area contributed by atoms with E-state index in [1.54, 1.807) is 12.1 Å². The molecule has 5 nitrogen and oxygen atoms in total. The van der Waals surface area contributed by atoms with Crippen LogP contribution in [-0.2, 0) is 9.53 Å². The van der Waals surface area contributed by atoms with Gasteiger partial charge in [0.25, 0.3) is 0 Å². The van der Waals surface area contributed by atoms with Crippen molar-refractivity contribution in [1.29, 1.82) is 0 Å². The number of nitrogens with one attached hydrogen (secondary N) is 1. The molecule has 128 valence electrons. The third-order valence-corrected chi connectivity index (χ3v) is 4.30. The molecule has 0 spiro atoms. The molecule has 1 amide bonds. The second-order valence-electron chi connectivity index (χ2n) is 5.81. The second-order valence-corrected chi connectivity index (χ2v) is 5.81. The molecular weight excluding hydrogens is 306 g/mol. The van der Waals surface area contributed by atoms with Crippen LogP contribution in [0.2, 0.25) is 0 Å². The minimum Gasteiger partial charge on any atom is -0.435 e. The number of primary amides is 1. The van der Waals surface area contributed by atoms with Gasteiger partial charge in [-0.1, -0.05) is 12.1 Å². The van der Waals surface area contributed by atoms with Crippen LogP contribution in [-0.4, -0.2) is 32.3 Å². The fourth-order valence-corrected chi connectivity index (χ4v) is 2.70. The van der Waals surface area contributed by atoms with Crippen molar-refractivity contribution in [2.24, 2.45) is 11.1 Å². The summed E-state index contributed by atoms with van der Waals surface area (Å²) in [7, 11) is 0. The average molecular weight is 328 g/mol.